The zero-order valence-electron chi connectivity index (χ0n) is 13.8. The molecule has 1 aromatic heterocycles. The summed E-state index contributed by atoms with van der Waals surface area (Å²) in [5, 5.41) is 3.70. The molecule has 2 aromatic carbocycles. The van der Waals surface area contributed by atoms with Crippen LogP contribution in [0.15, 0.2) is 59.4 Å². The molecule has 0 saturated carbocycles. The highest BCUT2D eigenvalue weighted by Crippen LogP contribution is 2.27. The number of hydrogen-bond donors (Lipinski definition) is 2. The summed E-state index contributed by atoms with van der Waals surface area (Å²) in [4.78, 5) is 27.4. The molecule has 24 heavy (non-hydrogen) atoms. The molecule has 2 N–H and O–H groups in total. The zero-order valence-corrected chi connectivity index (χ0v) is 13.8. The third kappa shape index (κ3) is 3.08. The van der Waals surface area contributed by atoms with E-state index in [1.54, 1.807) is 6.07 Å². The number of fused-ring (bicyclic) bond motifs is 1. The van der Waals surface area contributed by atoms with Crippen LogP contribution in [0.1, 0.15) is 42.1 Å². The van der Waals surface area contributed by atoms with Crippen molar-refractivity contribution in [1.29, 1.82) is 0 Å². The van der Waals surface area contributed by atoms with Crippen molar-refractivity contribution in [1.82, 2.24) is 4.98 Å². The first-order chi connectivity index (χ1) is 11.6. The first-order valence-corrected chi connectivity index (χ1v) is 8.12. The van der Waals surface area contributed by atoms with Gasteiger partial charge in [0, 0.05) is 22.7 Å². The van der Waals surface area contributed by atoms with Crippen LogP contribution in [0.2, 0.25) is 0 Å². The summed E-state index contributed by atoms with van der Waals surface area (Å²) in [5.74, 6) is 0.0745. The van der Waals surface area contributed by atoms with Crippen molar-refractivity contribution in [3.05, 3.63) is 76.1 Å². The number of anilines is 1. The second kappa shape index (κ2) is 6.71. The molecule has 0 bridgehead atoms. The fourth-order valence-electron chi connectivity index (χ4n) is 2.84. The van der Waals surface area contributed by atoms with E-state index < -0.39 is 0 Å². The molecule has 3 rings (SSSR count). The van der Waals surface area contributed by atoms with Gasteiger partial charge in [-0.15, -0.1) is 0 Å². The number of para-hydroxylation sites is 2. The van der Waals surface area contributed by atoms with E-state index >= 15 is 0 Å². The van der Waals surface area contributed by atoms with Crippen LogP contribution in [0.25, 0.3) is 10.9 Å². The molecule has 1 atom stereocenters. The molecule has 1 unspecified atom stereocenters. The molecule has 0 aliphatic heterocycles. The molecule has 122 valence electrons. The summed E-state index contributed by atoms with van der Waals surface area (Å²) in [6.07, 6.45) is 0.987. The summed E-state index contributed by atoms with van der Waals surface area (Å²) in [7, 11) is 0. The quantitative estimate of drug-likeness (QED) is 0.753. The Bertz CT molecular complexity index is 944. The van der Waals surface area contributed by atoms with Gasteiger partial charge in [-0.3, -0.25) is 9.59 Å². The molecule has 0 fully saturated rings. The molecular weight excluding hydrogens is 300 g/mol. The van der Waals surface area contributed by atoms with Crippen molar-refractivity contribution in [2.24, 2.45) is 0 Å². The predicted octanol–water partition coefficient (Wildman–Crippen LogP) is 4.29. The number of carbonyl (C=O) groups excluding carboxylic acids is 1. The standard InChI is InChI=1S/C20H20N2O2/c1-3-13(2)14-8-4-6-10-17(14)22-20(24)16-12-19(23)21-18-11-7-5-9-15(16)18/h4-13H,3H2,1-2H3,(H,21,23)(H,22,24). The summed E-state index contributed by atoms with van der Waals surface area (Å²) in [6.45, 7) is 4.25. The molecule has 1 heterocycles. The summed E-state index contributed by atoms with van der Waals surface area (Å²) in [5.41, 5.74) is 2.65. The fraction of sp³-hybridized carbons (Fsp3) is 0.200. The Balaban J connectivity index is 2.02. The van der Waals surface area contributed by atoms with Gasteiger partial charge in [0.05, 0.1) is 5.56 Å². The van der Waals surface area contributed by atoms with Gasteiger partial charge in [-0.05, 0) is 30.0 Å². The highest BCUT2D eigenvalue weighted by molar-refractivity contribution is 6.12. The second-order valence-electron chi connectivity index (χ2n) is 5.94. The Morgan fingerprint density at radius 3 is 2.62 bits per heavy atom. The molecular formula is C20H20N2O2. The molecule has 0 spiro atoms. The van der Waals surface area contributed by atoms with Gasteiger partial charge in [-0.1, -0.05) is 50.2 Å². The number of H-pyrrole nitrogens is 1. The van der Waals surface area contributed by atoms with Gasteiger partial charge in [0.2, 0.25) is 5.56 Å². The van der Waals surface area contributed by atoms with Crippen LogP contribution in [-0.2, 0) is 0 Å². The predicted molar refractivity (Wildman–Crippen MR) is 97.7 cm³/mol. The first kappa shape index (κ1) is 16.0. The van der Waals surface area contributed by atoms with Gasteiger partial charge >= 0.3 is 0 Å². The maximum atomic E-state index is 12.8. The van der Waals surface area contributed by atoms with E-state index in [4.69, 9.17) is 0 Å². The molecule has 0 aliphatic carbocycles. The van der Waals surface area contributed by atoms with Crippen LogP contribution >= 0.6 is 0 Å². The monoisotopic (exact) mass is 320 g/mol. The maximum Gasteiger partial charge on any atom is 0.256 e. The number of carbonyl (C=O) groups is 1. The van der Waals surface area contributed by atoms with Gasteiger partial charge in [-0.25, -0.2) is 0 Å². The number of nitrogens with one attached hydrogen (secondary N) is 2. The van der Waals surface area contributed by atoms with Crippen molar-refractivity contribution in [3.8, 4) is 0 Å². The van der Waals surface area contributed by atoms with E-state index in [9.17, 15) is 9.59 Å². The van der Waals surface area contributed by atoms with Crippen LogP contribution in [-0.4, -0.2) is 10.9 Å². The lowest BCUT2D eigenvalue weighted by molar-refractivity contribution is 0.102. The minimum Gasteiger partial charge on any atom is -0.322 e. The number of benzene rings is 2. The van der Waals surface area contributed by atoms with Crippen LogP contribution in [0.5, 0.6) is 0 Å². The fourth-order valence-corrected chi connectivity index (χ4v) is 2.84. The van der Waals surface area contributed by atoms with E-state index in [-0.39, 0.29) is 11.5 Å². The van der Waals surface area contributed by atoms with Gasteiger partial charge in [-0.2, -0.15) is 0 Å². The highest BCUT2D eigenvalue weighted by Gasteiger charge is 2.15. The minimum atomic E-state index is -0.283. The molecule has 4 heteroatoms. The summed E-state index contributed by atoms with van der Waals surface area (Å²) >= 11 is 0. The molecule has 0 aliphatic rings. The van der Waals surface area contributed by atoms with Crippen molar-refractivity contribution in [2.75, 3.05) is 5.32 Å². The normalized spacial score (nSPS) is 12.1. The van der Waals surface area contributed by atoms with Gasteiger partial charge in [0.25, 0.3) is 5.91 Å². The van der Waals surface area contributed by atoms with Crippen LogP contribution in [0.3, 0.4) is 0 Å². The molecule has 0 saturated heterocycles. The molecule has 1 amide bonds. The molecule has 3 aromatic rings. The SMILES string of the molecule is CCC(C)c1ccccc1NC(=O)c1cc(=O)[nH]c2ccccc12. The number of hydrogen-bond acceptors (Lipinski definition) is 2. The van der Waals surface area contributed by atoms with Crippen LogP contribution in [0, 0.1) is 0 Å². The van der Waals surface area contributed by atoms with Gasteiger partial charge in [0.1, 0.15) is 0 Å². The Labute approximate surface area is 140 Å². The lowest BCUT2D eigenvalue weighted by Gasteiger charge is -2.16. The van der Waals surface area contributed by atoms with E-state index in [2.05, 4.69) is 24.1 Å². The van der Waals surface area contributed by atoms with E-state index in [1.165, 1.54) is 6.07 Å². The van der Waals surface area contributed by atoms with Crippen LogP contribution < -0.4 is 10.9 Å². The van der Waals surface area contributed by atoms with Crippen LogP contribution in [0.4, 0.5) is 5.69 Å². The topological polar surface area (TPSA) is 62.0 Å². The molecule has 4 nitrogen and oxygen atoms in total. The van der Waals surface area contributed by atoms with Gasteiger partial charge in [0.15, 0.2) is 0 Å². The van der Waals surface area contributed by atoms with E-state index in [0.29, 0.717) is 17.0 Å². The average Bonchev–Trinajstić information content (AvgIpc) is 2.60. The van der Waals surface area contributed by atoms with Gasteiger partial charge < -0.3 is 10.3 Å². The van der Waals surface area contributed by atoms with E-state index in [0.717, 1.165) is 23.1 Å². The average molecular weight is 320 g/mol. The smallest absolute Gasteiger partial charge is 0.256 e. The highest BCUT2D eigenvalue weighted by atomic mass is 16.2. The lowest BCUT2D eigenvalue weighted by Crippen LogP contribution is -2.18. The van der Waals surface area contributed by atoms with Crippen molar-refractivity contribution < 1.29 is 4.79 Å². The number of aromatic amines is 1. The van der Waals surface area contributed by atoms with Crippen molar-refractivity contribution in [3.63, 3.8) is 0 Å². The Kier molecular flexibility index (Phi) is 4.47. The second-order valence-corrected chi connectivity index (χ2v) is 5.94. The lowest BCUT2D eigenvalue weighted by atomic mass is 9.96. The Morgan fingerprint density at radius 1 is 1.12 bits per heavy atom. The summed E-state index contributed by atoms with van der Waals surface area (Å²) < 4.78 is 0. The third-order valence-electron chi connectivity index (χ3n) is 4.35. The number of pyridine rings is 1. The van der Waals surface area contributed by atoms with E-state index in [1.807, 2.05) is 42.5 Å². The first-order valence-electron chi connectivity index (χ1n) is 8.12. The zero-order chi connectivity index (χ0) is 17.1. The minimum absolute atomic E-state index is 0.270. The third-order valence-corrected chi connectivity index (χ3v) is 4.35. The number of amides is 1. The summed E-state index contributed by atoms with van der Waals surface area (Å²) in [6, 6.07) is 16.5. The Hall–Kier alpha value is -2.88. The number of rotatable bonds is 4. The molecule has 0 radical (unpaired) electrons. The van der Waals surface area contributed by atoms with Crippen molar-refractivity contribution in [2.45, 2.75) is 26.2 Å². The van der Waals surface area contributed by atoms with Crippen molar-refractivity contribution >= 4 is 22.5 Å². The largest absolute Gasteiger partial charge is 0.322 e. The Morgan fingerprint density at radius 2 is 1.83 bits per heavy atom. The maximum absolute atomic E-state index is 12.8. The number of aromatic nitrogens is 1.